The molecule has 0 atom stereocenters. The monoisotopic (exact) mass is 254 g/mol. The van der Waals surface area contributed by atoms with Crippen molar-refractivity contribution in [2.75, 3.05) is 0 Å². The topological polar surface area (TPSA) is 26.3 Å². The predicted octanol–water partition coefficient (Wildman–Crippen LogP) is 4.36. The fourth-order valence-electron chi connectivity index (χ4n) is 2.81. The highest BCUT2D eigenvalue weighted by atomic mass is 16.5. The van der Waals surface area contributed by atoms with Gasteiger partial charge in [-0.15, -0.1) is 0 Å². The molecular formula is C17H18O2. The highest BCUT2D eigenvalue weighted by Gasteiger charge is 2.15. The summed E-state index contributed by atoms with van der Waals surface area (Å²) < 4.78 is 6.15. The Morgan fingerprint density at radius 3 is 2.68 bits per heavy atom. The van der Waals surface area contributed by atoms with E-state index < -0.39 is 0 Å². The summed E-state index contributed by atoms with van der Waals surface area (Å²) in [6.07, 6.45) is 7.41. The van der Waals surface area contributed by atoms with Crippen molar-refractivity contribution in [1.82, 2.24) is 0 Å². The molecule has 0 aromatic heterocycles. The van der Waals surface area contributed by atoms with Gasteiger partial charge in [0.05, 0.1) is 6.10 Å². The number of carbonyl (C=O) groups is 1. The molecule has 19 heavy (non-hydrogen) atoms. The van der Waals surface area contributed by atoms with Gasteiger partial charge in [-0.3, -0.25) is 4.79 Å². The maximum absolute atomic E-state index is 10.8. The average Bonchev–Trinajstić information content (AvgIpc) is 2.48. The first-order chi connectivity index (χ1) is 9.36. The van der Waals surface area contributed by atoms with Crippen LogP contribution in [0.2, 0.25) is 0 Å². The Balaban J connectivity index is 1.92. The standard InChI is InChI=1S/C17H18O2/c18-12-13-9-10-16-14(11-13)5-4-8-17(16)19-15-6-2-1-3-7-15/h4-5,8-12,15H,1-3,6-7H2. The fourth-order valence-corrected chi connectivity index (χ4v) is 2.81. The molecule has 0 heterocycles. The van der Waals surface area contributed by atoms with E-state index in [9.17, 15) is 4.79 Å². The van der Waals surface area contributed by atoms with Gasteiger partial charge in [-0.05, 0) is 49.3 Å². The first-order valence-electron chi connectivity index (χ1n) is 7.01. The van der Waals surface area contributed by atoms with E-state index in [1.807, 2.05) is 36.4 Å². The molecule has 1 aliphatic carbocycles. The second-order valence-electron chi connectivity index (χ2n) is 5.23. The third kappa shape index (κ3) is 2.62. The van der Waals surface area contributed by atoms with Crippen LogP contribution < -0.4 is 4.74 Å². The predicted molar refractivity (Wildman–Crippen MR) is 76.8 cm³/mol. The van der Waals surface area contributed by atoms with Crippen molar-refractivity contribution in [3.8, 4) is 5.75 Å². The summed E-state index contributed by atoms with van der Waals surface area (Å²) in [5.74, 6) is 0.946. The number of carbonyl (C=O) groups excluding carboxylic acids is 1. The lowest BCUT2D eigenvalue weighted by atomic mass is 9.97. The zero-order valence-corrected chi connectivity index (χ0v) is 11.0. The number of rotatable bonds is 3. The number of hydrogen-bond acceptors (Lipinski definition) is 2. The van der Waals surface area contributed by atoms with E-state index >= 15 is 0 Å². The van der Waals surface area contributed by atoms with Crippen LogP contribution in [-0.4, -0.2) is 12.4 Å². The number of ether oxygens (including phenoxy) is 1. The molecule has 3 rings (SSSR count). The van der Waals surface area contributed by atoms with Gasteiger partial charge >= 0.3 is 0 Å². The molecule has 0 spiro atoms. The lowest BCUT2D eigenvalue weighted by Gasteiger charge is -2.23. The summed E-state index contributed by atoms with van der Waals surface area (Å²) in [5, 5.41) is 2.16. The van der Waals surface area contributed by atoms with Crippen molar-refractivity contribution in [3.05, 3.63) is 42.0 Å². The highest BCUT2D eigenvalue weighted by molar-refractivity contribution is 5.92. The van der Waals surface area contributed by atoms with Crippen LogP contribution in [0.25, 0.3) is 10.8 Å². The van der Waals surface area contributed by atoms with Gasteiger partial charge in [-0.2, -0.15) is 0 Å². The lowest BCUT2D eigenvalue weighted by molar-refractivity contribution is 0.112. The van der Waals surface area contributed by atoms with Crippen LogP contribution in [0.5, 0.6) is 5.75 Å². The molecule has 0 radical (unpaired) electrons. The highest BCUT2D eigenvalue weighted by Crippen LogP contribution is 2.30. The largest absolute Gasteiger partial charge is 0.490 e. The van der Waals surface area contributed by atoms with Crippen LogP contribution in [0, 0.1) is 0 Å². The molecule has 1 fully saturated rings. The van der Waals surface area contributed by atoms with E-state index in [2.05, 4.69) is 0 Å². The van der Waals surface area contributed by atoms with Crippen LogP contribution in [-0.2, 0) is 0 Å². The van der Waals surface area contributed by atoms with E-state index in [0.29, 0.717) is 11.7 Å². The van der Waals surface area contributed by atoms with Gasteiger partial charge in [-0.1, -0.05) is 24.6 Å². The van der Waals surface area contributed by atoms with E-state index in [1.54, 1.807) is 0 Å². The Morgan fingerprint density at radius 1 is 1.05 bits per heavy atom. The molecule has 0 N–H and O–H groups in total. The summed E-state index contributed by atoms with van der Waals surface area (Å²) in [6, 6.07) is 11.8. The Kier molecular flexibility index (Phi) is 3.49. The Morgan fingerprint density at radius 2 is 1.89 bits per heavy atom. The van der Waals surface area contributed by atoms with Crippen molar-refractivity contribution in [1.29, 1.82) is 0 Å². The summed E-state index contributed by atoms with van der Waals surface area (Å²) >= 11 is 0. The molecule has 1 saturated carbocycles. The molecule has 2 aromatic rings. The summed E-state index contributed by atoms with van der Waals surface area (Å²) in [6.45, 7) is 0. The van der Waals surface area contributed by atoms with Crippen molar-refractivity contribution in [3.63, 3.8) is 0 Å². The Hall–Kier alpha value is -1.83. The maximum Gasteiger partial charge on any atom is 0.150 e. The van der Waals surface area contributed by atoms with E-state index in [1.165, 1.54) is 19.3 Å². The molecule has 0 amide bonds. The molecule has 0 aliphatic heterocycles. The smallest absolute Gasteiger partial charge is 0.150 e. The molecule has 0 bridgehead atoms. The van der Waals surface area contributed by atoms with E-state index in [0.717, 1.165) is 35.6 Å². The molecule has 2 aromatic carbocycles. The summed E-state index contributed by atoms with van der Waals surface area (Å²) in [5.41, 5.74) is 0.710. The van der Waals surface area contributed by atoms with Gasteiger partial charge in [0.1, 0.15) is 12.0 Å². The molecule has 98 valence electrons. The van der Waals surface area contributed by atoms with Gasteiger partial charge < -0.3 is 4.74 Å². The Labute approximate surface area is 113 Å². The van der Waals surface area contributed by atoms with Crippen molar-refractivity contribution < 1.29 is 9.53 Å². The molecule has 1 aliphatic rings. The molecule has 2 heteroatoms. The molecular weight excluding hydrogens is 236 g/mol. The lowest BCUT2D eigenvalue weighted by Crippen LogP contribution is -2.19. The van der Waals surface area contributed by atoms with Crippen LogP contribution in [0.1, 0.15) is 42.5 Å². The van der Waals surface area contributed by atoms with E-state index in [-0.39, 0.29) is 0 Å². The van der Waals surface area contributed by atoms with Gasteiger partial charge in [-0.25, -0.2) is 0 Å². The quantitative estimate of drug-likeness (QED) is 0.760. The number of fused-ring (bicyclic) bond motifs is 1. The number of aldehydes is 1. The summed E-state index contributed by atoms with van der Waals surface area (Å²) in [4.78, 5) is 10.8. The average molecular weight is 254 g/mol. The second kappa shape index (κ2) is 5.43. The first kappa shape index (κ1) is 12.2. The molecule has 0 saturated heterocycles. The third-order valence-electron chi connectivity index (χ3n) is 3.85. The van der Waals surface area contributed by atoms with Crippen LogP contribution in [0.15, 0.2) is 36.4 Å². The number of hydrogen-bond donors (Lipinski definition) is 0. The van der Waals surface area contributed by atoms with Crippen molar-refractivity contribution >= 4 is 17.1 Å². The maximum atomic E-state index is 10.8. The molecule has 2 nitrogen and oxygen atoms in total. The Bertz CT molecular complexity index is 583. The van der Waals surface area contributed by atoms with Crippen LogP contribution in [0.3, 0.4) is 0 Å². The van der Waals surface area contributed by atoms with E-state index in [4.69, 9.17) is 4.74 Å². The zero-order chi connectivity index (χ0) is 13.1. The first-order valence-corrected chi connectivity index (χ1v) is 7.01. The van der Waals surface area contributed by atoms with Gasteiger partial charge in [0.2, 0.25) is 0 Å². The zero-order valence-electron chi connectivity index (χ0n) is 11.0. The van der Waals surface area contributed by atoms with Crippen molar-refractivity contribution in [2.45, 2.75) is 38.2 Å². The minimum absolute atomic E-state index is 0.352. The third-order valence-corrected chi connectivity index (χ3v) is 3.85. The molecule has 0 unspecified atom stereocenters. The van der Waals surface area contributed by atoms with Gasteiger partial charge in [0.15, 0.2) is 0 Å². The van der Waals surface area contributed by atoms with Crippen molar-refractivity contribution in [2.24, 2.45) is 0 Å². The second-order valence-corrected chi connectivity index (χ2v) is 5.23. The minimum atomic E-state index is 0.352. The van der Waals surface area contributed by atoms with Crippen LogP contribution in [0.4, 0.5) is 0 Å². The fraction of sp³-hybridized carbons (Fsp3) is 0.353. The normalized spacial score (nSPS) is 16.4. The van der Waals surface area contributed by atoms with Gasteiger partial charge in [0, 0.05) is 10.9 Å². The van der Waals surface area contributed by atoms with Gasteiger partial charge in [0.25, 0.3) is 0 Å². The summed E-state index contributed by atoms with van der Waals surface area (Å²) in [7, 11) is 0. The van der Waals surface area contributed by atoms with Crippen LogP contribution >= 0.6 is 0 Å². The number of benzene rings is 2. The minimum Gasteiger partial charge on any atom is -0.490 e. The SMILES string of the molecule is O=Cc1ccc2c(OC3CCCCC3)cccc2c1.